The number of carbonyl (C=O) groups excluding carboxylic acids is 1. The molecule has 0 bridgehead atoms. The van der Waals surface area contributed by atoms with Gasteiger partial charge < -0.3 is 10.4 Å². The van der Waals surface area contributed by atoms with Crippen LogP contribution in [0.2, 0.25) is 0 Å². The molecule has 0 aliphatic carbocycles. The second-order valence-corrected chi connectivity index (χ2v) is 5.40. The number of carbonyl (C=O) groups is 2. The first-order chi connectivity index (χ1) is 7.43. The van der Waals surface area contributed by atoms with Crippen molar-refractivity contribution in [2.75, 3.05) is 0 Å². The van der Waals surface area contributed by atoms with E-state index in [1.165, 1.54) is 11.3 Å². The Morgan fingerprint density at radius 3 is 2.50 bits per heavy atom. The zero-order chi connectivity index (χ0) is 12.3. The molecule has 0 saturated carbocycles. The van der Waals surface area contributed by atoms with Gasteiger partial charge in [-0.25, -0.2) is 4.79 Å². The Bertz CT molecular complexity index is 403. The van der Waals surface area contributed by atoms with Gasteiger partial charge in [-0.15, -0.1) is 11.3 Å². The Hall–Kier alpha value is -0.880. The van der Waals surface area contributed by atoms with E-state index in [1.54, 1.807) is 25.3 Å². The van der Waals surface area contributed by atoms with Crippen molar-refractivity contribution < 1.29 is 14.7 Å². The average molecular weight is 306 g/mol. The summed E-state index contributed by atoms with van der Waals surface area (Å²) in [4.78, 5) is 23.2. The van der Waals surface area contributed by atoms with Crippen molar-refractivity contribution >= 4 is 39.1 Å². The molecule has 1 amide bonds. The summed E-state index contributed by atoms with van der Waals surface area (Å²) in [6, 6.07) is 0.895. The summed E-state index contributed by atoms with van der Waals surface area (Å²) in [6.07, 6.45) is 0. The molecule has 0 saturated heterocycles. The number of hydrogen-bond donors (Lipinski definition) is 2. The maximum atomic E-state index is 11.8. The van der Waals surface area contributed by atoms with Gasteiger partial charge in [-0.05, 0) is 33.3 Å². The van der Waals surface area contributed by atoms with Gasteiger partial charge in [-0.1, -0.05) is 13.8 Å². The highest BCUT2D eigenvalue weighted by Gasteiger charge is 2.25. The number of thiophene rings is 1. The van der Waals surface area contributed by atoms with Crippen LogP contribution in [0.4, 0.5) is 0 Å². The Morgan fingerprint density at radius 1 is 1.50 bits per heavy atom. The van der Waals surface area contributed by atoms with Crippen LogP contribution in [0.5, 0.6) is 0 Å². The minimum Gasteiger partial charge on any atom is -0.480 e. The molecule has 0 radical (unpaired) electrons. The molecule has 16 heavy (non-hydrogen) atoms. The van der Waals surface area contributed by atoms with Crippen molar-refractivity contribution in [2.24, 2.45) is 5.92 Å². The van der Waals surface area contributed by atoms with Crippen LogP contribution in [0.15, 0.2) is 15.9 Å². The molecule has 2 N–H and O–H groups in total. The summed E-state index contributed by atoms with van der Waals surface area (Å²) >= 11 is 4.50. The number of hydrogen-bond acceptors (Lipinski definition) is 3. The quantitative estimate of drug-likeness (QED) is 0.897. The summed E-state index contributed by atoms with van der Waals surface area (Å²) in [6.45, 7) is 3.51. The van der Waals surface area contributed by atoms with Crippen LogP contribution in [0.3, 0.4) is 0 Å². The predicted molar refractivity (Wildman–Crippen MR) is 65.7 cm³/mol. The first-order valence-electron chi connectivity index (χ1n) is 4.70. The number of amides is 1. The molecule has 0 aliphatic heterocycles. The van der Waals surface area contributed by atoms with Gasteiger partial charge in [0.2, 0.25) is 0 Å². The number of carboxylic acids is 1. The van der Waals surface area contributed by atoms with Gasteiger partial charge in [-0.2, -0.15) is 0 Å². The molecule has 1 aromatic heterocycles. The van der Waals surface area contributed by atoms with Gasteiger partial charge >= 0.3 is 5.97 Å². The average Bonchev–Trinajstić information content (AvgIpc) is 2.59. The van der Waals surface area contributed by atoms with Crippen LogP contribution in [-0.2, 0) is 4.79 Å². The van der Waals surface area contributed by atoms with E-state index in [0.717, 1.165) is 0 Å². The molecule has 0 spiro atoms. The van der Waals surface area contributed by atoms with Crippen molar-refractivity contribution in [2.45, 2.75) is 19.9 Å². The van der Waals surface area contributed by atoms with Crippen LogP contribution in [-0.4, -0.2) is 23.0 Å². The van der Waals surface area contributed by atoms with Crippen LogP contribution in [0, 0.1) is 5.92 Å². The summed E-state index contributed by atoms with van der Waals surface area (Å²) in [7, 11) is 0. The van der Waals surface area contributed by atoms with E-state index in [2.05, 4.69) is 21.2 Å². The predicted octanol–water partition coefficient (Wildman–Crippen LogP) is 2.35. The summed E-state index contributed by atoms with van der Waals surface area (Å²) in [5, 5.41) is 13.2. The Balaban J connectivity index is 2.77. The van der Waals surface area contributed by atoms with E-state index in [4.69, 9.17) is 5.11 Å². The van der Waals surface area contributed by atoms with Gasteiger partial charge in [0.15, 0.2) is 0 Å². The topological polar surface area (TPSA) is 66.4 Å². The van der Waals surface area contributed by atoms with Crippen molar-refractivity contribution in [3.8, 4) is 0 Å². The Kier molecular flexibility index (Phi) is 4.49. The standard InChI is InChI=1S/C10H12BrNO3S/c1-5(2)7(10(14)15)12-9(13)8-6(11)3-4-16-8/h3-5,7H,1-2H3,(H,12,13)(H,14,15)/t7-/m1/s1. The molecule has 6 heteroatoms. The van der Waals surface area contributed by atoms with E-state index in [-0.39, 0.29) is 11.8 Å². The minimum absolute atomic E-state index is 0.153. The molecular formula is C10H12BrNO3S. The van der Waals surface area contributed by atoms with Gasteiger partial charge in [0, 0.05) is 4.47 Å². The largest absolute Gasteiger partial charge is 0.480 e. The van der Waals surface area contributed by atoms with E-state index in [9.17, 15) is 9.59 Å². The SMILES string of the molecule is CC(C)[C@@H](NC(=O)c1sccc1Br)C(=O)O. The lowest BCUT2D eigenvalue weighted by molar-refractivity contribution is -0.140. The minimum atomic E-state index is -1.02. The van der Waals surface area contributed by atoms with E-state index >= 15 is 0 Å². The van der Waals surface area contributed by atoms with Crippen LogP contribution < -0.4 is 5.32 Å². The zero-order valence-corrected chi connectivity index (χ0v) is 11.3. The number of rotatable bonds is 4. The molecule has 4 nitrogen and oxygen atoms in total. The third kappa shape index (κ3) is 3.05. The first-order valence-corrected chi connectivity index (χ1v) is 6.37. The van der Waals surface area contributed by atoms with Crippen molar-refractivity contribution in [3.05, 3.63) is 20.8 Å². The highest BCUT2D eigenvalue weighted by Crippen LogP contribution is 2.22. The fraction of sp³-hybridized carbons (Fsp3) is 0.400. The van der Waals surface area contributed by atoms with E-state index in [1.807, 2.05) is 0 Å². The monoisotopic (exact) mass is 305 g/mol. The molecule has 1 aromatic rings. The zero-order valence-electron chi connectivity index (χ0n) is 8.86. The second kappa shape index (κ2) is 5.45. The molecule has 0 aliphatic rings. The Morgan fingerprint density at radius 2 is 2.12 bits per heavy atom. The highest BCUT2D eigenvalue weighted by atomic mass is 79.9. The van der Waals surface area contributed by atoms with Gasteiger partial charge in [-0.3, -0.25) is 4.79 Å². The molecule has 1 atom stereocenters. The molecule has 0 fully saturated rings. The van der Waals surface area contributed by atoms with Crippen molar-refractivity contribution in [3.63, 3.8) is 0 Å². The lowest BCUT2D eigenvalue weighted by atomic mass is 10.0. The van der Waals surface area contributed by atoms with Crippen LogP contribution >= 0.6 is 27.3 Å². The number of halogens is 1. The molecule has 1 rings (SSSR count). The first kappa shape index (κ1) is 13.2. The smallest absolute Gasteiger partial charge is 0.326 e. The van der Waals surface area contributed by atoms with Crippen LogP contribution in [0.1, 0.15) is 23.5 Å². The normalized spacial score (nSPS) is 12.5. The third-order valence-electron chi connectivity index (χ3n) is 2.04. The number of carboxylic acid groups (broad SMARTS) is 1. The fourth-order valence-corrected chi connectivity index (χ4v) is 2.63. The summed E-state index contributed by atoms with van der Waals surface area (Å²) in [5.74, 6) is -1.53. The van der Waals surface area contributed by atoms with Crippen molar-refractivity contribution in [1.29, 1.82) is 0 Å². The fourth-order valence-electron chi connectivity index (χ4n) is 1.18. The van der Waals surface area contributed by atoms with Crippen LogP contribution in [0.25, 0.3) is 0 Å². The second-order valence-electron chi connectivity index (χ2n) is 3.63. The molecule has 1 heterocycles. The number of aliphatic carboxylic acids is 1. The Labute approximate surface area is 106 Å². The maximum absolute atomic E-state index is 11.8. The lowest BCUT2D eigenvalue weighted by Crippen LogP contribution is -2.44. The maximum Gasteiger partial charge on any atom is 0.326 e. The van der Waals surface area contributed by atoms with E-state index in [0.29, 0.717) is 9.35 Å². The van der Waals surface area contributed by atoms with Gasteiger partial charge in [0.05, 0.1) is 0 Å². The summed E-state index contributed by atoms with van der Waals surface area (Å²) in [5.41, 5.74) is 0. The van der Waals surface area contributed by atoms with Gasteiger partial charge in [0.25, 0.3) is 5.91 Å². The number of nitrogens with one attached hydrogen (secondary N) is 1. The molecule has 0 aromatic carbocycles. The van der Waals surface area contributed by atoms with E-state index < -0.39 is 12.0 Å². The molecule has 0 unspecified atom stereocenters. The molecular weight excluding hydrogens is 294 g/mol. The summed E-state index contributed by atoms with van der Waals surface area (Å²) < 4.78 is 0.683. The van der Waals surface area contributed by atoms with Gasteiger partial charge in [0.1, 0.15) is 10.9 Å². The lowest BCUT2D eigenvalue weighted by Gasteiger charge is -2.17. The highest BCUT2D eigenvalue weighted by molar-refractivity contribution is 9.10. The third-order valence-corrected chi connectivity index (χ3v) is 3.88. The molecule has 88 valence electrons. The van der Waals surface area contributed by atoms with Crippen molar-refractivity contribution in [1.82, 2.24) is 5.32 Å².